The lowest BCUT2D eigenvalue weighted by atomic mass is 10.4. The van der Waals surface area contributed by atoms with Gasteiger partial charge < -0.3 is 10.6 Å². The van der Waals surface area contributed by atoms with Crippen LogP contribution in [0.3, 0.4) is 0 Å². The van der Waals surface area contributed by atoms with Gasteiger partial charge in [0.25, 0.3) is 0 Å². The van der Waals surface area contributed by atoms with Crippen molar-refractivity contribution in [2.45, 2.75) is 6.42 Å². The first-order valence-corrected chi connectivity index (χ1v) is 2.88. The fraction of sp³-hybridized carbons (Fsp3) is 0.667. The molecule has 0 saturated heterocycles. The molecule has 0 atom stereocenters. The molecule has 0 aromatic rings. The van der Waals surface area contributed by atoms with Crippen molar-refractivity contribution in [2.75, 3.05) is 20.6 Å². The molecule has 0 heterocycles. The molecule has 2 N–H and O–H groups in total. The molecule has 64 valence electrons. The summed E-state index contributed by atoms with van der Waals surface area (Å²) >= 11 is 0. The van der Waals surface area contributed by atoms with Gasteiger partial charge in [-0.15, -0.1) is 34.0 Å². The summed E-state index contributed by atoms with van der Waals surface area (Å²) in [6.07, 6.45) is 5.13. The third-order valence-corrected chi connectivity index (χ3v) is 0.846. The van der Waals surface area contributed by atoms with Crippen molar-refractivity contribution in [1.29, 1.82) is 0 Å². The zero-order valence-electron chi connectivity index (χ0n) is 6.39. The van der Waals surface area contributed by atoms with Crippen LogP contribution in [0.1, 0.15) is 6.42 Å². The monoisotopic (exact) mass is 274 g/mol. The number of rotatable bonds is 4. The highest BCUT2D eigenvalue weighted by Crippen LogP contribution is 1.74. The molecule has 0 radical (unpaired) electrons. The summed E-state index contributed by atoms with van der Waals surface area (Å²) in [6, 6.07) is 0. The Morgan fingerprint density at radius 1 is 1.20 bits per heavy atom. The maximum Gasteiger partial charge on any atom is 0.00276 e. The van der Waals surface area contributed by atoms with Gasteiger partial charge in [-0.3, -0.25) is 0 Å². The van der Waals surface area contributed by atoms with Crippen molar-refractivity contribution in [3.8, 4) is 0 Å². The van der Waals surface area contributed by atoms with Gasteiger partial charge in [0.1, 0.15) is 0 Å². The molecule has 0 saturated carbocycles. The molecule has 0 aliphatic rings. The Hall–Kier alpha value is 0.460. The van der Waals surface area contributed by atoms with Crippen molar-refractivity contribution in [2.24, 2.45) is 0 Å². The average molecular weight is 276 g/mol. The summed E-state index contributed by atoms with van der Waals surface area (Å²) in [4.78, 5) is 0. The summed E-state index contributed by atoms with van der Waals surface area (Å²) in [5, 5.41) is 5.97. The predicted octanol–water partition coefficient (Wildman–Crippen LogP) is 1.48. The largest absolute Gasteiger partial charge is 0.394 e. The zero-order chi connectivity index (χ0) is 6.24. The number of hydrogen-bond donors (Lipinski definition) is 2. The van der Waals surface area contributed by atoms with Crippen LogP contribution in [0.4, 0.5) is 0 Å². The van der Waals surface area contributed by atoms with E-state index in [4.69, 9.17) is 0 Å². The van der Waals surface area contributed by atoms with Gasteiger partial charge >= 0.3 is 0 Å². The summed E-state index contributed by atoms with van der Waals surface area (Å²) < 4.78 is 0. The van der Waals surface area contributed by atoms with Crippen molar-refractivity contribution in [3.63, 3.8) is 0 Å². The first-order chi connectivity index (χ1) is 3.91. The minimum atomic E-state index is 0. The fourth-order valence-corrected chi connectivity index (χ4v) is 0.429. The molecule has 0 rings (SSSR count). The number of halogens is 2. The number of hydrogen-bond acceptors (Lipinski definition) is 2. The highest BCUT2D eigenvalue weighted by atomic mass is 79.9. The predicted molar refractivity (Wildman–Crippen MR) is 57.4 cm³/mol. The van der Waals surface area contributed by atoms with E-state index in [1.807, 2.05) is 20.3 Å². The van der Waals surface area contributed by atoms with E-state index in [-0.39, 0.29) is 34.0 Å². The van der Waals surface area contributed by atoms with Crippen molar-refractivity contribution < 1.29 is 0 Å². The quantitative estimate of drug-likeness (QED) is 0.760. The summed E-state index contributed by atoms with van der Waals surface area (Å²) in [7, 11) is 3.85. The molecule has 2 nitrogen and oxygen atoms in total. The maximum atomic E-state index is 3.05. The van der Waals surface area contributed by atoms with Gasteiger partial charge in [-0.2, -0.15) is 0 Å². The lowest BCUT2D eigenvalue weighted by Gasteiger charge is -1.89. The summed E-state index contributed by atoms with van der Waals surface area (Å²) in [6.45, 7) is 1.05. The van der Waals surface area contributed by atoms with Gasteiger partial charge in [0.2, 0.25) is 0 Å². The Morgan fingerprint density at radius 2 is 1.80 bits per heavy atom. The lowest BCUT2D eigenvalue weighted by Crippen LogP contribution is -2.06. The molecule has 0 aromatic heterocycles. The molecule has 0 bridgehead atoms. The van der Waals surface area contributed by atoms with Crippen molar-refractivity contribution in [1.82, 2.24) is 10.6 Å². The van der Waals surface area contributed by atoms with E-state index in [2.05, 4.69) is 16.7 Å². The van der Waals surface area contributed by atoms with E-state index < -0.39 is 0 Å². The van der Waals surface area contributed by atoms with E-state index in [1.54, 1.807) is 0 Å². The van der Waals surface area contributed by atoms with Gasteiger partial charge in [-0.1, -0.05) is 6.08 Å². The molecule has 0 unspecified atom stereocenters. The van der Waals surface area contributed by atoms with Crippen LogP contribution in [0.5, 0.6) is 0 Å². The van der Waals surface area contributed by atoms with E-state index in [0.717, 1.165) is 13.0 Å². The van der Waals surface area contributed by atoms with Crippen LogP contribution in [0.25, 0.3) is 0 Å². The molecule has 4 heteroatoms. The second-order valence-electron chi connectivity index (χ2n) is 1.58. The van der Waals surface area contributed by atoms with Crippen LogP contribution >= 0.6 is 34.0 Å². The summed E-state index contributed by atoms with van der Waals surface area (Å²) in [5.41, 5.74) is 0. The fourth-order valence-electron chi connectivity index (χ4n) is 0.429. The van der Waals surface area contributed by atoms with Gasteiger partial charge in [0.05, 0.1) is 0 Å². The Morgan fingerprint density at radius 3 is 2.20 bits per heavy atom. The summed E-state index contributed by atoms with van der Waals surface area (Å²) in [5.74, 6) is 0. The van der Waals surface area contributed by atoms with E-state index in [9.17, 15) is 0 Å². The Balaban J connectivity index is -0.000000245. The number of nitrogens with one attached hydrogen (secondary N) is 2. The second kappa shape index (κ2) is 16.2. The minimum Gasteiger partial charge on any atom is -0.394 e. The second-order valence-corrected chi connectivity index (χ2v) is 1.58. The van der Waals surface area contributed by atoms with E-state index in [0.29, 0.717) is 0 Å². The SMILES string of the molecule is Br.Br.CNC=CCCNC. The highest BCUT2D eigenvalue weighted by Gasteiger charge is 1.72. The first-order valence-electron chi connectivity index (χ1n) is 2.88. The molecule has 10 heavy (non-hydrogen) atoms. The first kappa shape index (κ1) is 16.8. The molecule has 0 aliphatic carbocycles. The smallest absolute Gasteiger partial charge is 0.00276 e. The van der Waals surface area contributed by atoms with Crippen molar-refractivity contribution in [3.05, 3.63) is 12.3 Å². The van der Waals surface area contributed by atoms with Crippen LogP contribution in [-0.2, 0) is 0 Å². The van der Waals surface area contributed by atoms with E-state index >= 15 is 0 Å². The Bertz CT molecular complexity index is 66.8. The normalized spacial score (nSPS) is 8.20. The van der Waals surface area contributed by atoms with E-state index in [1.165, 1.54) is 0 Å². The molecule has 0 amide bonds. The standard InChI is InChI=1S/C6H14N2.2BrH/c1-7-5-3-4-6-8-2;;/h3,5,7-8H,4,6H2,1-2H3;2*1H. The highest BCUT2D eigenvalue weighted by molar-refractivity contribution is 8.93. The van der Waals surface area contributed by atoms with Gasteiger partial charge in [-0.25, -0.2) is 0 Å². The topological polar surface area (TPSA) is 24.1 Å². The Labute approximate surface area is 84.0 Å². The van der Waals surface area contributed by atoms with Crippen LogP contribution in [0.2, 0.25) is 0 Å². The van der Waals surface area contributed by atoms with Crippen LogP contribution < -0.4 is 10.6 Å². The van der Waals surface area contributed by atoms with Gasteiger partial charge in [0, 0.05) is 7.05 Å². The van der Waals surface area contributed by atoms with Crippen LogP contribution in [-0.4, -0.2) is 20.6 Å². The third-order valence-electron chi connectivity index (χ3n) is 0.846. The van der Waals surface area contributed by atoms with Gasteiger partial charge in [0.15, 0.2) is 0 Å². The zero-order valence-corrected chi connectivity index (χ0v) is 9.81. The molecular formula is C6H16Br2N2. The lowest BCUT2D eigenvalue weighted by molar-refractivity contribution is 0.804. The van der Waals surface area contributed by atoms with Crippen LogP contribution in [0.15, 0.2) is 12.3 Å². The van der Waals surface area contributed by atoms with Crippen LogP contribution in [0, 0.1) is 0 Å². The average Bonchev–Trinajstić information content (AvgIpc) is 1.81. The maximum absolute atomic E-state index is 3.05. The molecule has 0 aromatic carbocycles. The molecule has 0 aliphatic heterocycles. The van der Waals surface area contributed by atoms with Crippen molar-refractivity contribution >= 4 is 34.0 Å². The minimum absolute atomic E-state index is 0. The molecular weight excluding hydrogens is 260 g/mol. The molecule has 0 spiro atoms. The molecule has 0 fully saturated rings. The third kappa shape index (κ3) is 15.8. The Kier molecular flexibility index (Phi) is 27.3. The van der Waals surface area contributed by atoms with Gasteiger partial charge in [-0.05, 0) is 26.2 Å².